The highest BCUT2D eigenvalue weighted by Gasteiger charge is 2.36. The van der Waals surface area contributed by atoms with Gasteiger partial charge in [-0.15, -0.1) is 0 Å². The number of hydrogen-bond acceptors (Lipinski definition) is 2. The Hall–Kier alpha value is -0.0800. The molecule has 0 aromatic rings. The van der Waals surface area contributed by atoms with Crippen LogP contribution in [0.5, 0.6) is 0 Å². The van der Waals surface area contributed by atoms with E-state index < -0.39 is 0 Å². The van der Waals surface area contributed by atoms with Crippen molar-refractivity contribution < 1.29 is 4.74 Å². The van der Waals surface area contributed by atoms with E-state index in [4.69, 9.17) is 4.74 Å². The molecule has 1 N–H and O–H groups in total. The van der Waals surface area contributed by atoms with Crippen LogP contribution in [0.2, 0.25) is 0 Å². The molecule has 0 aromatic heterocycles. The van der Waals surface area contributed by atoms with E-state index in [2.05, 4.69) is 12.2 Å². The fourth-order valence-electron chi connectivity index (χ4n) is 1.28. The van der Waals surface area contributed by atoms with Crippen LogP contribution in [0.4, 0.5) is 0 Å². The molecule has 2 heteroatoms. The average molecular weight is 171 g/mol. The first-order valence-corrected chi connectivity index (χ1v) is 4.96. The average Bonchev–Trinajstić information content (AvgIpc) is 2.77. The van der Waals surface area contributed by atoms with Gasteiger partial charge in [0, 0.05) is 20.3 Å². The molecule has 1 saturated carbocycles. The van der Waals surface area contributed by atoms with Crippen LogP contribution >= 0.6 is 0 Å². The van der Waals surface area contributed by atoms with Crippen molar-refractivity contribution in [3.8, 4) is 0 Å². The van der Waals surface area contributed by atoms with Crippen LogP contribution in [-0.2, 0) is 4.74 Å². The molecule has 0 unspecified atom stereocenters. The molecule has 12 heavy (non-hydrogen) atoms. The van der Waals surface area contributed by atoms with Crippen molar-refractivity contribution in [1.29, 1.82) is 0 Å². The third kappa shape index (κ3) is 4.07. The molecule has 1 aliphatic rings. The van der Waals surface area contributed by atoms with Crippen LogP contribution in [-0.4, -0.2) is 26.8 Å². The summed E-state index contributed by atoms with van der Waals surface area (Å²) < 4.78 is 4.97. The molecule has 2 nitrogen and oxygen atoms in total. The standard InChI is InChI=1S/C10H21NO/c1-10(5-6-10)9-11-7-3-4-8-12-2/h11H,3-9H2,1-2H3. The predicted molar refractivity (Wildman–Crippen MR) is 51.3 cm³/mol. The molecule has 0 heterocycles. The van der Waals surface area contributed by atoms with E-state index in [9.17, 15) is 0 Å². The van der Waals surface area contributed by atoms with Crippen molar-refractivity contribution in [3.63, 3.8) is 0 Å². The monoisotopic (exact) mass is 171 g/mol. The normalized spacial score (nSPS) is 19.5. The molecule has 0 aromatic carbocycles. The molecule has 1 aliphatic carbocycles. The van der Waals surface area contributed by atoms with Gasteiger partial charge in [0.1, 0.15) is 0 Å². The Morgan fingerprint density at radius 3 is 2.67 bits per heavy atom. The van der Waals surface area contributed by atoms with E-state index in [1.165, 1.54) is 32.2 Å². The minimum atomic E-state index is 0.654. The summed E-state index contributed by atoms with van der Waals surface area (Å²) in [6.07, 6.45) is 5.25. The van der Waals surface area contributed by atoms with Gasteiger partial charge in [-0.05, 0) is 37.6 Å². The van der Waals surface area contributed by atoms with Crippen LogP contribution in [0.25, 0.3) is 0 Å². The molecular formula is C10H21NO. The van der Waals surface area contributed by atoms with E-state index in [-0.39, 0.29) is 0 Å². The van der Waals surface area contributed by atoms with E-state index in [0.717, 1.165) is 13.2 Å². The lowest BCUT2D eigenvalue weighted by Gasteiger charge is -2.09. The zero-order chi connectivity index (χ0) is 8.86. The number of ether oxygens (including phenoxy) is 1. The molecule has 0 atom stereocenters. The molecule has 0 bridgehead atoms. The molecule has 0 spiro atoms. The quantitative estimate of drug-likeness (QED) is 0.590. The maximum absolute atomic E-state index is 4.97. The largest absolute Gasteiger partial charge is 0.385 e. The molecule has 0 saturated heterocycles. The Balaban J connectivity index is 1.77. The SMILES string of the molecule is COCCCCNCC1(C)CC1. The predicted octanol–water partition coefficient (Wildman–Crippen LogP) is 1.80. The highest BCUT2D eigenvalue weighted by Crippen LogP contribution is 2.43. The fourth-order valence-corrected chi connectivity index (χ4v) is 1.28. The van der Waals surface area contributed by atoms with Gasteiger partial charge in [0.05, 0.1) is 0 Å². The number of hydrogen-bond donors (Lipinski definition) is 1. The van der Waals surface area contributed by atoms with Crippen molar-refractivity contribution in [3.05, 3.63) is 0 Å². The van der Waals surface area contributed by atoms with Crippen LogP contribution in [0, 0.1) is 5.41 Å². The number of unbranched alkanes of at least 4 members (excludes halogenated alkanes) is 1. The second-order valence-corrected chi connectivity index (χ2v) is 4.19. The Labute approximate surface area is 75.7 Å². The lowest BCUT2D eigenvalue weighted by molar-refractivity contribution is 0.192. The second kappa shape index (κ2) is 4.83. The summed E-state index contributed by atoms with van der Waals surface area (Å²) in [5, 5.41) is 3.49. The zero-order valence-electron chi connectivity index (χ0n) is 8.36. The Bertz CT molecular complexity index is 121. The van der Waals surface area contributed by atoms with Gasteiger partial charge in [0.15, 0.2) is 0 Å². The third-order valence-corrected chi connectivity index (χ3v) is 2.61. The Kier molecular flexibility index (Phi) is 4.02. The number of methoxy groups -OCH3 is 1. The van der Waals surface area contributed by atoms with Gasteiger partial charge in [-0.2, -0.15) is 0 Å². The molecular weight excluding hydrogens is 150 g/mol. The molecule has 1 rings (SSSR count). The van der Waals surface area contributed by atoms with Gasteiger partial charge in [0.25, 0.3) is 0 Å². The number of nitrogens with one attached hydrogen (secondary N) is 1. The first kappa shape index (κ1) is 10.0. The van der Waals surface area contributed by atoms with Gasteiger partial charge >= 0.3 is 0 Å². The van der Waals surface area contributed by atoms with E-state index in [1.54, 1.807) is 7.11 Å². The summed E-state index contributed by atoms with van der Waals surface area (Å²) in [6, 6.07) is 0. The van der Waals surface area contributed by atoms with E-state index >= 15 is 0 Å². The lowest BCUT2D eigenvalue weighted by atomic mass is 10.1. The maximum Gasteiger partial charge on any atom is 0.0462 e. The Morgan fingerprint density at radius 1 is 1.33 bits per heavy atom. The van der Waals surface area contributed by atoms with Gasteiger partial charge in [-0.25, -0.2) is 0 Å². The van der Waals surface area contributed by atoms with Crippen LogP contribution in [0.3, 0.4) is 0 Å². The molecule has 0 aliphatic heterocycles. The zero-order valence-corrected chi connectivity index (χ0v) is 8.36. The minimum Gasteiger partial charge on any atom is -0.385 e. The molecule has 0 radical (unpaired) electrons. The highest BCUT2D eigenvalue weighted by atomic mass is 16.5. The van der Waals surface area contributed by atoms with Gasteiger partial charge < -0.3 is 10.1 Å². The summed E-state index contributed by atoms with van der Waals surface area (Å²) in [7, 11) is 1.76. The minimum absolute atomic E-state index is 0.654. The Morgan fingerprint density at radius 2 is 2.08 bits per heavy atom. The lowest BCUT2D eigenvalue weighted by Crippen LogP contribution is -2.23. The summed E-state index contributed by atoms with van der Waals surface area (Å²) in [5.41, 5.74) is 0.654. The van der Waals surface area contributed by atoms with Gasteiger partial charge in [-0.3, -0.25) is 0 Å². The smallest absolute Gasteiger partial charge is 0.0462 e. The van der Waals surface area contributed by atoms with Crippen LogP contribution < -0.4 is 5.32 Å². The van der Waals surface area contributed by atoms with Crippen molar-refractivity contribution in [1.82, 2.24) is 5.32 Å². The first-order valence-electron chi connectivity index (χ1n) is 4.96. The summed E-state index contributed by atoms with van der Waals surface area (Å²) in [4.78, 5) is 0. The molecule has 1 fully saturated rings. The van der Waals surface area contributed by atoms with E-state index in [1.807, 2.05) is 0 Å². The van der Waals surface area contributed by atoms with Crippen molar-refractivity contribution in [2.75, 3.05) is 26.8 Å². The molecule has 0 amide bonds. The topological polar surface area (TPSA) is 21.3 Å². The van der Waals surface area contributed by atoms with Crippen molar-refractivity contribution in [2.24, 2.45) is 5.41 Å². The fraction of sp³-hybridized carbons (Fsp3) is 1.00. The van der Waals surface area contributed by atoms with Crippen molar-refractivity contribution in [2.45, 2.75) is 32.6 Å². The second-order valence-electron chi connectivity index (χ2n) is 4.19. The summed E-state index contributed by atoms with van der Waals surface area (Å²) >= 11 is 0. The van der Waals surface area contributed by atoms with Crippen LogP contribution in [0.15, 0.2) is 0 Å². The highest BCUT2D eigenvalue weighted by molar-refractivity contribution is 4.90. The maximum atomic E-state index is 4.97. The third-order valence-electron chi connectivity index (χ3n) is 2.61. The summed E-state index contributed by atoms with van der Waals surface area (Å²) in [5.74, 6) is 0. The van der Waals surface area contributed by atoms with Crippen molar-refractivity contribution >= 4 is 0 Å². The van der Waals surface area contributed by atoms with Crippen LogP contribution in [0.1, 0.15) is 32.6 Å². The summed E-state index contributed by atoms with van der Waals surface area (Å²) in [6.45, 7) is 5.62. The number of rotatable bonds is 7. The van der Waals surface area contributed by atoms with Gasteiger partial charge in [0.2, 0.25) is 0 Å². The first-order chi connectivity index (χ1) is 5.77. The molecule has 72 valence electrons. The van der Waals surface area contributed by atoms with Gasteiger partial charge in [-0.1, -0.05) is 6.92 Å². The van der Waals surface area contributed by atoms with E-state index in [0.29, 0.717) is 5.41 Å².